The standard InChI is InChI=1S/C19H25N3O5S/c1-19(2,3)20-28(25,26)16-10-11-17(18(14-16)22(23)24)21(4)12-13-27-15-8-6-5-7-9-15/h5-11,14,20H,12-13H2,1-4H3. The number of hydrogen-bond donors (Lipinski definition) is 1. The van der Waals surface area contributed by atoms with Crippen LogP contribution in [-0.2, 0) is 10.0 Å². The lowest BCUT2D eigenvalue weighted by molar-refractivity contribution is -0.384. The zero-order chi connectivity index (χ0) is 20.9. The van der Waals surface area contributed by atoms with Crippen molar-refractivity contribution in [1.82, 2.24) is 4.72 Å². The third-order valence-electron chi connectivity index (χ3n) is 3.74. The molecule has 0 aliphatic heterocycles. The van der Waals surface area contributed by atoms with Gasteiger partial charge >= 0.3 is 0 Å². The van der Waals surface area contributed by atoms with Crippen LogP contribution in [-0.4, -0.2) is 39.1 Å². The fourth-order valence-electron chi connectivity index (χ4n) is 2.54. The Morgan fingerprint density at radius 2 is 1.79 bits per heavy atom. The summed E-state index contributed by atoms with van der Waals surface area (Å²) in [7, 11) is -2.17. The number of nitrogens with one attached hydrogen (secondary N) is 1. The number of hydrogen-bond acceptors (Lipinski definition) is 6. The molecule has 0 aliphatic carbocycles. The number of nitro benzene ring substituents is 1. The van der Waals surface area contributed by atoms with Gasteiger partial charge in [0.05, 0.1) is 16.4 Å². The molecule has 0 amide bonds. The minimum Gasteiger partial charge on any atom is -0.492 e. The number of nitrogens with zero attached hydrogens (tertiary/aromatic N) is 2. The molecule has 0 aliphatic rings. The van der Waals surface area contributed by atoms with Gasteiger partial charge in [0, 0.05) is 18.7 Å². The van der Waals surface area contributed by atoms with E-state index in [0.29, 0.717) is 24.6 Å². The lowest BCUT2D eigenvalue weighted by Crippen LogP contribution is -2.40. The van der Waals surface area contributed by atoms with Crippen molar-refractivity contribution in [3.05, 3.63) is 58.6 Å². The van der Waals surface area contributed by atoms with Gasteiger partial charge in [0.2, 0.25) is 10.0 Å². The maximum absolute atomic E-state index is 12.5. The van der Waals surface area contributed by atoms with Crippen molar-refractivity contribution in [3.63, 3.8) is 0 Å². The quantitative estimate of drug-likeness (QED) is 0.533. The fraction of sp³-hybridized carbons (Fsp3) is 0.368. The van der Waals surface area contributed by atoms with Crippen molar-refractivity contribution in [3.8, 4) is 5.75 Å². The lowest BCUT2D eigenvalue weighted by Gasteiger charge is -2.22. The smallest absolute Gasteiger partial charge is 0.293 e. The largest absolute Gasteiger partial charge is 0.492 e. The number of anilines is 1. The van der Waals surface area contributed by atoms with Crippen LogP contribution in [0, 0.1) is 10.1 Å². The molecule has 1 N–H and O–H groups in total. The van der Waals surface area contributed by atoms with E-state index in [1.807, 2.05) is 30.3 Å². The predicted molar refractivity (Wildman–Crippen MR) is 108 cm³/mol. The molecule has 0 heterocycles. The van der Waals surface area contributed by atoms with Gasteiger partial charge in [-0.25, -0.2) is 13.1 Å². The van der Waals surface area contributed by atoms with E-state index in [0.717, 1.165) is 6.07 Å². The summed E-state index contributed by atoms with van der Waals surface area (Å²) in [5.74, 6) is 0.708. The Hall–Kier alpha value is -2.65. The first kappa shape index (κ1) is 21.6. The van der Waals surface area contributed by atoms with Gasteiger partial charge in [0.1, 0.15) is 18.0 Å². The third-order valence-corrected chi connectivity index (χ3v) is 5.50. The SMILES string of the molecule is CN(CCOc1ccccc1)c1ccc(S(=O)(=O)NC(C)(C)C)cc1[N+](=O)[O-]. The summed E-state index contributed by atoms with van der Waals surface area (Å²) in [4.78, 5) is 12.4. The first-order valence-electron chi connectivity index (χ1n) is 8.71. The second kappa shape index (κ2) is 8.57. The summed E-state index contributed by atoms with van der Waals surface area (Å²) in [6.45, 7) is 5.82. The summed E-state index contributed by atoms with van der Waals surface area (Å²) < 4.78 is 33.0. The summed E-state index contributed by atoms with van der Waals surface area (Å²) >= 11 is 0. The van der Waals surface area contributed by atoms with Crippen LogP contribution in [0.4, 0.5) is 11.4 Å². The molecule has 152 valence electrons. The number of para-hydroxylation sites is 1. The van der Waals surface area contributed by atoms with Crippen LogP contribution in [0.3, 0.4) is 0 Å². The first-order valence-corrected chi connectivity index (χ1v) is 10.2. The molecule has 0 atom stereocenters. The van der Waals surface area contributed by atoms with Crippen LogP contribution < -0.4 is 14.4 Å². The van der Waals surface area contributed by atoms with Gasteiger partial charge < -0.3 is 9.64 Å². The highest BCUT2D eigenvalue weighted by Crippen LogP contribution is 2.30. The molecular weight excluding hydrogens is 382 g/mol. The third kappa shape index (κ3) is 5.93. The number of sulfonamides is 1. The van der Waals surface area contributed by atoms with Crippen LogP contribution in [0.15, 0.2) is 53.4 Å². The van der Waals surface area contributed by atoms with Crippen molar-refractivity contribution in [1.29, 1.82) is 0 Å². The van der Waals surface area contributed by atoms with Crippen molar-refractivity contribution in [2.45, 2.75) is 31.2 Å². The minimum absolute atomic E-state index is 0.146. The van der Waals surface area contributed by atoms with Gasteiger partial charge in [0.25, 0.3) is 5.69 Å². The topological polar surface area (TPSA) is 102 Å². The van der Waals surface area contributed by atoms with Gasteiger partial charge in [-0.2, -0.15) is 0 Å². The molecule has 0 saturated heterocycles. The molecule has 8 nitrogen and oxygen atoms in total. The van der Waals surface area contributed by atoms with E-state index in [1.165, 1.54) is 12.1 Å². The average molecular weight is 407 g/mol. The summed E-state index contributed by atoms with van der Waals surface area (Å²) in [5.41, 5.74) is -0.659. The Balaban J connectivity index is 2.19. The highest BCUT2D eigenvalue weighted by molar-refractivity contribution is 7.89. The Bertz CT molecular complexity index is 924. The Kier molecular flexibility index (Phi) is 6.63. The second-order valence-electron chi connectivity index (χ2n) is 7.35. The van der Waals surface area contributed by atoms with Crippen LogP contribution in [0.2, 0.25) is 0 Å². The minimum atomic E-state index is -3.87. The zero-order valence-electron chi connectivity index (χ0n) is 16.4. The Morgan fingerprint density at radius 3 is 2.36 bits per heavy atom. The molecule has 0 spiro atoms. The van der Waals surface area contributed by atoms with Gasteiger partial charge in [-0.05, 0) is 45.0 Å². The normalized spacial score (nSPS) is 11.9. The summed E-state index contributed by atoms with van der Waals surface area (Å²) in [5, 5.41) is 11.5. The van der Waals surface area contributed by atoms with Crippen molar-refractivity contribution < 1.29 is 18.1 Å². The highest BCUT2D eigenvalue weighted by atomic mass is 32.2. The predicted octanol–water partition coefficient (Wildman–Crippen LogP) is 3.19. The van der Waals surface area contributed by atoms with Gasteiger partial charge in [-0.1, -0.05) is 18.2 Å². The molecule has 0 radical (unpaired) electrons. The molecule has 0 aromatic heterocycles. The number of nitro groups is 1. The number of likely N-dealkylation sites (N-methyl/N-ethyl adjacent to an activating group) is 1. The average Bonchev–Trinajstić information content (AvgIpc) is 2.60. The first-order chi connectivity index (χ1) is 13.0. The molecule has 9 heteroatoms. The highest BCUT2D eigenvalue weighted by Gasteiger charge is 2.26. The summed E-state index contributed by atoms with van der Waals surface area (Å²) in [6, 6.07) is 13.1. The molecule has 0 unspecified atom stereocenters. The maximum Gasteiger partial charge on any atom is 0.293 e. The van der Waals surface area contributed by atoms with E-state index in [9.17, 15) is 18.5 Å². The lowest BCUT2D eigenvalue weighted by atomic mass is 10.1. The van der Waals surface area contributed by atoms with E-state index in [4.69, 9.17) is 4.74 Å². The number of rotatable bonds is 8. The Morgan fingerprint density at radius 1 is 1.14 bits per heavy atom. The van der Waals surface area contributed by atoms with Crippen molar-refractivity contribution in [2.75, 3.05) is 25.1 Å². The van der Waals surface area contributed by atoms with Crippen molar-refractivity contribution in [2.24, 2.45) is 0 Å². The van der Waals surface area contributed by atoms with E-state index < -0.39 is 20.5 Å². The van der Waals surface area contributed by atoms with Crippen LogP contribution in [0.1, 0.15) is 20.8 Å². The second-order valence-corrected chi connectivity index (χ2v) is 9.03. The van der Waals surface area contributed by atoms with Crippen molar-refractivity contribution >= 4 is 21.4 Å². The Labute approximate surface area is 165 Å². The monoisotopic (exact) mass is 407 g/mol. The van der Waals surface area contributed by atoms with Crippen LogP contribution >= 0.6 is 0 Å². The number of benzene rings is 2. The summed E-state index contributed by atoms with van der Waals surface area (Å²) in [6.07, 6.45) is 0. The molecule has 0 saturated carbocycles. The number of ether oxygens (including phenoxy) is 1. The van der Waals surface area contributed by atoms with Gasteiger partial charge in [0.15, 0.2) is 0 Å². The maximum atomic E-state index is 12.5. The molecule has 28 heavy (non-hydrogen) atoms. The van der Waals surface area contributed by atoms with E-state index in [2.05, 4.69) is 4.72 Å². The molecular formula is C19H25N3O5S. The van der Waals surface area contributed by atoms with E-state index >= 15 is 0 Å². The molecule has 0 bridgehead atoms. The van der Waals surface area contributed by atoms with Gasteiger partial charge in [-0.15, -0.1) is 0 Å². The van der Waals surface area contributed by atoms with E-state index in [1.54, 1.807) is 32.7 Å². The molecule has 2 rings (SSSR count). The zero-order valence-corrected chi connectivity index (χ0v) is 17.2. The molecule has 0 fully saturated rings. The van der Waals surface area contributed by atoms with Crippen LogP contribution in [0.5, 0.6) is 5.75 Å². The fourth-order valence-corrected chi connectivity index (χ4v) is 3.98. The molecule has 2 aromatic carbocycles. The van der Waals surface area contributed by atoms with Gasteiger partial charge in [-0.3, -0.25) is 10.1 Å². The van der Waals surface area contributed by atoms with E-state index in [-0.39, 0.29) is 10.6 Å². The van der Waals surface area contributed by atoms with Crippen LogP contribution in [0.25, 0.3) is 0 Å². The molecule has 2 aromatic rings.